The van der Waals surface area contributed by atoms with Crippen LogP contribution in [0.2, 0.25) is 0 Å². The van der Waals surface area contributed by atoms with Crippen LogP contribution >= 0.6 is 23.5 Å². The molecule has 2 aliphatic heterocycles. The lowest BCUT2D eigenvalue weighted by Gasteiger charge is -2.58. The summed E-state index contributed by atoms with van der Waals surface area (Å²) in [5.74, 6) is 5.50. The van der Waals surface area contributed by atoms with E-state index in [0.717, 1.165) is 37.9 Å². The molecule has 3 saturated carbocycles. The van der Waals surface area contributed by atoms with Crippen LogP contribution in [0, 0.1) is 35.0 Å². The highest BCUT2D eigenvalue weighted by Gasteiger charge is 2.67. The first-order chi connectivity index (χ1) is 13.6. The Hall–Kier alpha value is 0.320. The van der Waals surface area contributed by atoms with Gasteiger partial charge >= 0.3 is 0 Å². The SMILES string of the molecule is C[C@]12C[C@H](CO)[C@H]3[C@@H](CCC4=CC5(CC[C@@H]43)SCCS5)[C@@H]1CCC21OCCO1. The van der Waals surface area contributed by atoms with Crippen molar-refractivity contribution >= 4 is 23.5 Å². The Bertz CT molecular complexity index is 667. The fourth-order valence-corrected chi connectivity index (χ4v) is 11.6. The van der Waals surface area contributed by atoms with E-state index in [0.29, 0.717) is 28.4 Å². The van der Waals surface area contributed by atoms with E-state index in [1.807, 2.05) is 0 Å². The molecule has 0 amide bonds. The Morgan fingerprint density at radius 3 is 2.64 bits per heavy atom. The Morgan fingerprint density at radius 2 is 1.89 bits per heavy atom. The average molecular weight is 423 g/mol. The molecule has 2 saturated heterocycles. The van der Waals surface area contributed by atoms with Crippen LogP contribution in [0.4, 0.5) is 0 Å². The summed E-state index contributed by atoms with van der Waals surface area (Å²) in [5, 5.41) is 10.5. The number of rotatable bonds is 1. The minimum atomic E-state index is -0.361. The van der Waals surface area contributed by atoms with Crippen LogP contribution in [-0.2, 0) is 9.47 Å². The summed E-state index contributed by atoms with van der Waals surface area (Å²) in [6.45, 7) is 4.25. The van der Waals surface area contributed by atoms with Crippen LogP contribution in [0.15, 0.2) is 11.6 Å². The van der Waals surface area contributed by atoms with Crippen LogP contribution < -0.4 is 0 Å². The predicted molar refractivity (Wildman–Crippen MR) is 115 cm³/mol. The predicted octanol–water partition coefficient (Wildman–Crippen LogP) is 4.70. The van der Waals surface area contributed by atoms with Crippen LogP contribution in [0.3, 0.4) is 0 Å². The van der Waals surface area contributed by atoms with Gasteiger partial charge in [-0.2, -0.15) is 0 Å². The Kier molecular flexibility index (Phi) is 4.53. The lowest BCUT2D eigenvalue weighted by molar-refractivity contribution is -0.249. The molecule has 0 aromatic rings. The molecule has 28 heavy (non-hydrogen) atoms. The molecular formula is C23H34O3S2. The molecule has 6 rings (SSSR count). The maximum absolute atomic E-state index is 10.5. The third-order valence-corrected chi connectivity index (χ3v) is 12.8. The van der Waals surface area contributed by atoms with Crippen LogP contribution in [-0.4, -0.2) is 46.3 Å². The molecule has 156 valence electrons. The first-order valence-electron chi connectivity index (χ1n) is 11.5. The molecule has 0 radical (unpaired) electrons. The molecule has 0 unspecified atom stereocenters. The number of allylic oxidation sites excluding steroid dienone is 1. The van der Waals surface area contributed by atoms with Gasteiger partial charge in [-0.05, 0) is 68.1 Å². The molecule has 2 heterocycles. The summed E-state index contributed by atoms with van der Waals surface area (Å²) in [7, 11) is 0. The van der Waals surface area contributed by atoms with Crippen molar-refractivity contribution in [1.82, 2.24) is 0 Å². The summed E-state index contributed by atoms with van der Waals surface area (Å²) in [6, 6.07) is 0. The molecule has 1 N–H and O–H groups in total. The van der Waals surface area contributed by atoms with E-state index in [1.54, 1.807) is 5.57 Å². The van der Waals surface area contributed by atoms with Gasteiger partial charge in [0.2, 0.25) is 0 Å². The largest absolute Gasteiger partial charge is 0.396 e. The van der Waals surface area contributed by atoms with E-state index < -0.39 is 0 Å². The van der Waals surface area contributed by atoms with Gasteiger partial charge in [0.15, 0.2) is 5.79 Å². The highest BCUT2D eigenvalue weighted by molar-refractivity contribution is 8.21. The summed E-state index contributed by atoms with van der Waals surface area (Å²) in [4.78, 5) is 0. The average Bonchev–Trinajstić information content (AvgIpc) is 3.43. The second-order valence-electron chi connectivity index (χ2n) is 10.3. The highest BCUT2D eigenvalue weighted by atomic mass is 32.2. The molecule has 5 fully saturated rings. The molecule has 6 aliphatic rings. The van der Waals surface area contributed by atoms with Gasteiger partial charge in [-0.3, -0.25) is 0 Å². The Balaban J connectivity index is 1.34. The van der Waals surface area contributed by atoms with E-state index in [9.17, 15) is 5.11 Å². The fourth-order valence-electron chi connectivity index (χ4n) is 8.39. The molecule has 4 aliphatic carbocycles. The number of hydrogen-bond acceptors (Lipinski definition) is 5. The van der Waals surface area contributed by atoms with Gasteiger partial charge in [0.05, 0.1) is 17.3 Å². The van der Waals surface area contributed by atoms with E-state index in [-0.39, 0.29) is 11.2 Å². The van der Waals surface area contributed by atoms with Crippen molar-refractivity contribution in [3.8, 4) is 0 Å². The van der Waals surface area contributed by atoms with Crippen molar-refractivity contribution in [3.05, 3.63) is 11.6 Å². The lowest BCUT2D eigenvalue weighted by atomic mass is 9.48. The first kappa shape index (κ1) is 19.0. The van der Waals surface area contributed by atoms with E-state index in [1.165, 1.54) is 43.6 Å². The van der Waals surface area contributed by atoms with Crippen molar-refractivity contribution in [2.75, 3.05) is 31.3 Å². The molecule has 2 spiro atoms. The minimum Gasteiger partial charge on any atom is -0.396 e. The van der Waals surface area contributed by atoms with Gasteiger partial charge in [-0.15, -0.1) is 23.5 Å². The van der Waals surface area contributed by atoms with Crippen molar-refractivity contribution in [1.29, 1.82) is 0 Å². The zero-order valence-electron chi connectivity index (χ0n) is 17.0. The van der Waals surface area contributed by atoms with Gasteiger partial charge in [0.25, 0.3) is 0 Å². The van der Waals surface area contributed by atoms with Crippen molar-refractivity contribution in [2.24, 2.45) is 35.0 Å². The molecular weight excluding hydrogens is 388 g/mol. The second kappa shape index (κ2) is 6.66. The standard InChI is InChI=1S/C23H34O3S2/c1-21-12-16(14-24)20-17-4-6-22(27-10-11-28-22)13-15(17)2-3-18(20)19(21)5-7-23(21)25-8-9-26-23/h13,16-20,24H,2-12,14H2,1H3/t16-,17+,18+,19+,20-,21+/m1/s1. The van der Waals surface area contributed by atoms with Crippen LogP contribution in [0.1, 0.15) is 51.9 Å². The van der Waals surface area contributed by atoms with Crippen LogP contribution in [0.5, 0.6) is 0 Å². The zero-order chi connectivity index (χ0) is 19.0. The number of aliphatic hydroxyl groups is 1. The molecule has 0 aromatic heterocycles. The quantitative estimate of drug-likeness (QED) is 0.620. The number of aliphatic hydroxyl groups excluding tert-OH is 1. The number of thioether (sulfide) groups is 2. The van der Waals surface area contributed by atoms with Crippen molar-refractivity contribution in [3.63, 3.8) is 0 Å². The van der Waals surface area contributed by atoms with Crippen LogP contribution in [0.25, 0.3) is 0 Å². The summed E-state index contributed by atoms with van der Waals surface area (Å²) in [6.07, 6.45) is 11.3. The monoisotopic (exact) mass is 422 g/mol. The molecule has 5 heteroatoms. The third-order valence-electron chi connectivity index (χ3n) is 9.40. The summed E-state index contributed by atoms with van der Waals surface area (Å²) in [5.41, 5.74) is 1.82. The first-order valence-corrected chi connectivity index (χ1v) is 13.5. The maximum atomic E-state index is 10.5. The van der Waals surface area contributed by atoms with E-state index in [4.69, 9.17) is 9.47 Å². The lowest BCUT2D eigenvalue weighted by Crippen LogP contribution is -2.57. The van der Waals surface area contributed by atoms with Gasteiger partial charge in [0, 0.05) is 29.9 Å². The molecule has 0 bridgehead atoms. The second-order valence-corrected chi connectivity index (χ2v) is 13.4. The van der Waals surface area contributed by atoms with Gasteiger partial charge in [0.1, 0.15) is 0 Å². The van der Waals surface area contributed by atoms with Crippen molar-refractivity contribution < 1.29 is 14.6 Å². The highest BCUT2D eigenvalue weighted by Crippen LogP contribution is 2.68. The van der Waals surface area contributed by atoms with Crippen molar-refractivity contribution in [2.45, 2.75) is 61.7 Å². The fraction of sp³-hybridized carbons (Fsp3) is 0.913. The number of fused-ring (bicyclic) bond motifs is 6. The summed E-state index contributed by atoms with van der Waals surface area (Å²) < 4.78 is 13.0. The zero-order valence-corrected chi connectivity index (χ0v) is 18.7. The van der Waals surface area contributed by atoms with Gasteiger partial charge in [-0.1, -0.05) is 18.6 Å². The minimum absolute atomic E-state index is 0.0757. The Labute approximate surface area is 177 Å². The van der Waals surface area contributed by atoms with E-state index >= 15 is 0 Å². The normalized spacial score (nSPS) is 48.4. The number of ether oxygens (including phenoxy) is 2. The van der Waals surface area contributed by atoms with Gasteiger partial charge in [-0.25, -0.2) is 0 Å². The topological polar surface area (TPSA) is 38.7 Å². The van der Waals surface area contributed by atoms with E-state index in [2.05, 4.69) is 36.5 Å². The molecule has 3 nitrogen and oxygen atoms in total. The molecule has 0 aromatic carbocycles. The Morgan fingerprint density at radius 1 is 1.11 bits per heavy atom. The molecule has 6 atom stereocenters. The summed E-state index contributed by atoms with van der Waals surface area (Å²) >= 11 is 4.38. The third kappa shape index (κ3) is 2.49. The van der Waals surface area contributed by atoms with Gasteiger partial charge < -0.3 is 14.6 Å². The number of hydrogen-bond donors (Lipinski definition) is 1. The maximum Gasteiger partial charge on any atom is 0.174 e. The smallest absolute Gasteiger partial charge is 0.174 e.